The molecule has 6 heteroatoms. The van der Waals surface area contributed by atoms with Crippen molar-refractivity contribution in [3.8, 4) is 22.7 Å². The second-order valence-corrected chi connectivity index (χ2v) is 6.34. The van der Waals surface area contributed by atoms with E-state index < -0.39 is 5.97 Å². The van der Waals surface area contributed by atoms with Crippen LogP contribution in [-0.4, -0.2) is 22.8 Å². The average Bonchev–Trinajstić information content (AvgIpc) is 2.92. The van der Waals surface area contributed by atoms with Crippen LogP contribution in [0.4, 0.5) is 0 Å². The van der Waals surface area contributed by atoms with Crippen LogP contribution in [0.1, 0.15) is 16.1 Å². The lowest BCUT2D eigenvalue weighted by molar-refractivity contribution is 0.0696. The minimum absolute atomic E-state index is 0.219. The maximum Gasteiger partial charge on any atom is 0.337 e. The van der Waals surface area contributed by atoms with Gasteiger partial charge in [-0.2, -0.15) is 0 Å². The molecule has 4 nitrogen and oxygen atoms in total. The van der Waals surface area contributed by atoms with Gasteiger partial charge in [0.05, 0.1) is 23.4 Å². The SMILES string of the molecule is COc1ccc(-n2c(-c3ccc(Cl)cc3Cl)cc(C(=O)O)c2C)cc1. The topological polar surface area (TPSA) is 51.5 Å². The summed E-state index contributed by atoms with van der Waals surface area (Å²) in [4.78, 5) is 11.6. The van der Waals surface area contributed by atoms with Gasteiger partial charge in [0.1, 0.15) is 5.75 Å². The van der Waals surface area contributed by atoms with Gasteiger partial charge in [0, 0.05) is 22.0 Å². The highest BCUT2D eigenvalue weighted by atomic mass is 35.5. The summed E-state index contributed by atoms with van der Waals surface area (Å²) in [6, 6.07) is 14.1. The number of rotatable bonds is 4. The van der Waals surface area contributed by atoms with E-state index in [1.807, 2.05) is 28.8 Å². The van der Waals surface area contributed by atoms with Crippen LogP contribution in [0.15, 0.2) is 48.5 Å². The Hall–Kier alpha value is -2.43. The summed E-state index contributed by atoms with van der Waals surface area (Å²) in [5.74, 6) is -0.269. The van der Waals surface area contributed by atoms with E-state index >= 15 is 0 Å². The summed E-state index contributed by atoms with van der Waals surface area (Å²) in [6.45, 7) is 1.76. The normalized spacial score (nSPS) is 10.7. The van der Waals surface area contributed by atoms with Gasteiger partial charge in [0.25, 0.3) is 0 Å². The molecule has 128 valence electrons. The van der Waals surface area contributed by atoms with Crippen LogP contribution in [0.3, 0.4) is 0 Å². The number of aromatic carboxylic acids is 1. The molecule has 1 N–H and O–H groups in total. The third-order valence-corrected chi connectivity index (χ3v) is 4.56. The van der Waals surface area contributed by atoms with Crippen molar-refractivity contribution >= 4 is 29.2 Å². The number of carboxylic acid groups (broad SMARTS) is 1. The minimum atomic E-state index is -0.990. The van der Waals surface area contributed by atoms with Crippen molar-refractivity contribution in [2.45, 2.75) is 6.92 Å². The number of carboxylic acids is 1. The van der Waals surface area contributed by atoms with Crippen molar-refractivity contribution < 1.29 is 14.6 Å². The molecule has 1 heterocycles. The fourth-order valence-electron chi connectivity index (χ4n) is 2.78. The molecule has 3 rings (SSSR count). The summed E-state index contributed by atoms with van der Waals surface area (Å²) < 4.78 is 7.05. The maximum atomic E-state index is 11.6. The molecule has 0 radical (unpaired) electrons. The first-order valence-corrected chi connectivity index (χ1v) is 8.23. The highest BCUT2D eigenvalue weighted by Crippen LogP contribution is 2.35. The van der Waals surface area contributed by atoms with Crippen LogP contribution in [0, 0.1) is 6.92 Å². The van der Waals surface area contributed by atoms with Gasteiger partial charge in [0.2, 0.25) is 0 Å². The molecule has 2 aromatic carbocycles. The first-order valence-electron chi connectivity index (χ1n) is 7.48. The minimum Gasteiger partial charge on any atom is -0.497 e. The van der Waals surface area contributed by atoms with E-state index in [0.29, 0.717) is 27.0 Å². The lowest BCUT2D eigenvalue weighted by Gasteiger charge is -2.14. The molecule has 0 unspecified atom stereocenters. The number of benzene rings is 2. The first kappa shape index (κ1) is 17.4. The Balaban J connectivity index is 2.26. The van der Waals surface area contributed by atoms with Gasteiger partial charge < -0.3 is 14.4 Å². The molecule has 0 saturated heterocycles. The standard InChI is InChI=1S/C19H15Cl2NO3/c1-11-16(19(23)24)10-18(15-8-3-12(20)9-17(15)21)22(11)13-4-6-14(25-2)7-5-13/h3-10H,1-2H3,(H,23,24). The molecule has 0 atom stereocenters. The zero-order valence-corrected chi connectivity index (χ0v) is 15.1. The zero-order valence-electron chi connectivity index (χ0n) is 13.6. The van der Waals surface area contributed by atoms with Gasteiger partial charge >= 0.3 is 5.97 Å². The van der Waals surface area contributed by atoms with Gasteiger partial charge in [-0.1, -0.05) is 23.2 Å². The van der Waals surface area contributed by atoms with E-state index in [1.165, 1.54) is 0 Å². The Bertz CT molecular complexity index is 946. The molecule has 0 fully saturated rings. The molecular formula is C19H15Cl2NO3. The molecule has 1 aromatic heterocycles. The third-order valence-electron chi connectivity index (χ3n) is 4.02. The van der Waals surface area contributed by atoms with E-state index in [1.54, 1.807) is 38.3 Å². The first-order chi connectivity index (χ1) is 11.9. The Kier molecular flexibility index (Phi) is 4.75. The summed E-state index contributed by atoms with van der Waals surface area (Å²) in [6.07, 6.45) is 0. The highest BCUT2D eigenvalue weighted by Gasteiger charge is 2.20. The predicted octanol–water partition coefficient (Wildman–Crippen LogP) is 5.47. The highest BCUT2D eigenvalue weighted by molar-refractivity contribution is 6.36. The van der Waals surface area contributed by atoms with Crippen molar-refractivity contribution in [1.82, 2.24) is 4.57 Å². The van der Waals surface area contributed by atoms with Crippen LogP contribution in [-0.2, 0) is 0 Å². The van der Waals surface area contributed by atoms with Crippen molar-refractivity contribution in [3.05, 3.63) is 69.8 Å². The number of halogens is 2. The van der Waals surface area contributed by atoms with Crippen LogP contribution >= 0.6 is 23.2 Å². The van der Waals surface area contributed by atoms with Crippen LogP contribution < -0.4 is 4.74 Å². The van der Waals surface area contributed by atoms with E-state index in [4.69, 9.17) is 27.9 Å². The van der Waals surface area contributed by atoms with E-state index in [-0.39, 0.29) is 5.56 Å². The smallest absolute Gasteiger partial charge is 0.337 e. The van der Waals surface area contributed by atoms with Crippen molar-refractivity contribution in [2.75, 3.05) is 7.11 Å². The quantitative estimate of drug-likeness (QED) is 0.657. The van der Waals surface area contributed by atoms with Crippen molar-refractivity contribution in [2.24, 2.45) is 0 Å². The lowest BCUT2D eigenvalue weighted by atomic mass is 10.1. The van der Waals surface area contributed by atoms with E-state index in [9.17, 15) is 9.90 Å². The fraction of sp³-hybridized carbons (Fsp3) is 0.105. The van der Waals surface area contributed by atoms with Gasteiger partial charge in [-0.15, -0.1) is 0 Å². The number of hydrogen-bond donors (Lipinski definition) is 1. The predicted molar refractivity (Wildman–Crippen MR) is 99.5 cm³/mol. The zero-order chi connectivity index (χ0) is 18.1. The molecule has 0 aliphatic rings. The van der Waals surface area contributed by atoms with E-state index in [0.717, 1.165) is 11.4 Å². The van der Waals surface area contributed by atoms with Crippen LogP contribution in [0.5, 0.6) is 5.75 Å². The molecule has 3 aromatic rings. The largest absolute Gasteiger partial charge is 0.497 e. The average molecular weight is 376 g/mol. The Morgan fingerprint density at radius 2 is 1.76 bits per heavy atom. The number of carbonyl (C=O) groups is 1. The van der Waals surface area contributed by atoms with Crippen LogP contribution in [0.2, 0.25) is 10.0 Å². The molecule has 0 aliphatic heterocycles. The number of ether oxygens (including phenoxy) is 1. The van der Waals surface area contributed by atoms with Gasteiger partial charge in [0.15, 0.2) is 0 Å². The molecule has 0 bridgehead atoms. The molecule has 0 amide bonds. The summed E-state index contributed by atoms with van der Waals surface area (Å²) in [5.41, 5.74) is 3.03. The molecular weight excluding hydrogens is 361 g/mol. The third kappa shape index (κ3) is 3.23. The van der Waals surface area contributed by atoms with E-state index in [2.05, 4.69) is 0 Å². The molecule has 0 spiro atoms. The fourth-order valence-corrected chi connectivity index (χ4v) is 3.29. The lowest BCUT2D eigenvalue weighted by Crippen LogP contribution is -2.02. The molecule has 0 aliphatic carbocycles. The van der Waals surface area contributed by atoms with Crippen LogP contribution in [0.25, 0.3) is 16.9 Å². The summed E-state index contributed by atoms with van der Waals surface area (Å²) >= 11 is 12.3. The second-order valence-electron chi connectivity index (χ2n) is 5.49. The Morgan fingerprint density at radius 1 is 1.08 bits per heavy atom. The number of hydrogen-bond acceptors (Lipinski definition) is 2. The molecule has 25 heavy (non-hydrogen) atoms. The Labute approximate surface area is 155 Å². The van der Waals surface area contributed by atoms with Crippen molar-refractivity contribution in [3.63, 3.8) is 0 Å². The summed E-state index contributed by atoms with van der Waals surface area (Å²) in [5, 5.41) is 10.5. The Morgan fingerprint density at radius 3 is 2.32 bits per heavy atom. The van der Waals surface area contributed by atoms with Crippen molar-refractivity contribution in [1.29, 1.82) is 0 Å². The maximum absolute atomic E-state index is 11.6. The van der Waals surface area contributed by atoms with Gasteiger partial charge in [-0.25, -0.2) is 4.79 Å². The number of nitrogens with zero attached hydrogens (tertiary/aromatic N) is 1. The number of methoxy groups -OCH3 is 1. The number of aromatic nitrogens is 1. The monoisotopic (exact) mass is 375 g/mol. The second kappa shape index (κ2) is 6.82. The summed E-state index contributed by atoms with van der Waals surface area (Å²) in [7, 11) is 1.59. The van der Waals surface area contributed by atoms with Gasteiger partial charge in [-0.3, -0.25) is 0 Å². The molecule has 0 saturated carbocycles. The van der Waals surface area contributed by atoms with Gasteiger partial charge in [-0.05, 0) is 55.5 Å².